The molecule has 3 N–H and O–H groups in total. The Morgan fingerprint density at radius 2 is 1.79 bits per heavy atom. The molecule has 0 saturated carbocycles. The van der Waals surface area contributed by atoms with E-state index in [4.69, 9.17) is 27.3 Å². The summed E-state index contributed by atoms with van der Waals surface area (Å²) >= 11 is 6.03. The van der Waals surface area contributed by atoms with Crippen molar-refractivity contribution in [1.29, 1.82) is 0 Å². The summed E-state index contributed by atoms with van der Waals surface area (Å²) in [4.78, 5) is 22.3. The Kier molecular flexibility index (Phi) is 4.88. The van der Waals surface area contributed by atoms with Gasteiger partial charge in [-0.25, -0.2) is 9.97 Å². The van der Waals surface area contributed by atoms with Crippen LogP contribution >= 0.6 is 11.6 Å². The molecular weight excluding hydrogens is 374 g/mol. The zero-order valence-electron chi connectivity index (χ0n) is 15.4. The van der Waals surface area contributed by atoms with Crippen LogP contribution in [0.4, 0.5) is 5.82 Å². The standard InChI is InChI=1S/C21H20ClN5O/c1-2-3-12-24-21(28)17-18-20(26-16-7-5-4-6-15(16)25-18)27(19(17)23)14-10-8-13(22)9-11-14/h4-11H,2-3,12,23H2,1H3,(H,24,28). The largest absolute Gasteiger partial charge is 0.384 e. The third kappa shape index (κ3) is 3.16. The Morgan fingerprint density at radius 3 is 2.46 bits per heavy atom. The van der Waals surface area contributed by atoms with Crippen LogP contribution in [0.25, 0.3) is 27.9 Å². The normalized spacial score (nSPS) is 11.2. The van der Waals surface area contributed by atoms with Crippen molar-refractivity contribution in [3.05, 3.63) is 59.1 Å². The molecule has 2 heterocycles. The SMILES string of the molecule is CCCCNC(=O)c1c(N)n(-c2ccc(Cl)cc2)c2nc3ccccc3nc12. The second kappa shape index (κ2) is 7.48. The highest BCUT2D eigenvalue weighted by Crippen LogP contribution is 2.31. The first-order chi connectivity index (χ1) is 13.6. The number of fused-ring (bicyclic) bond motifs is 2. The third-order valence-electron chi connectivity index (χ3n) is 4.63. The number of carbonyl (C=O) groups excluding carboxylic acids is 1. The summed E-state index contributed by atoms with van der Waals surface area (Å²) < 4.78 is 1.75. The van der Waals surface area contributed by atoms with Gasteiger partial charge in [0, 0.05) is 17.3 Å². The second-order valence-corrected chi connectivity index (χ2v) is 7.00. The van der Waals surface area contributed by atoms with Crippen LogP contribution in [0, 0.1) is 0 Å². The predicted octanol–water partition coefficient (Wildman–Crippen LogP) is 4.34. The van der Waals surface area contributed by atoms with Crippen molar-refractivity contribution in [2.75, 3.05) is 12.3 Å². The first-order valence-corrected chi connectivity index (χ1v) is 9.58. The van der Waals surface area contributed by atoms with Crippen LogP contribution in [0.3, 0.4) is 0 Å². The number of carbonyl (C=O) groups is 1. The third-order valence-corrected chi connectivity index (χ3v) is 4.88. The lowest BCUT2D eigenvalue weighted by Gasteiger charge is -2.08. The highest BCUT2D eigenvalue weighted by molar-refractivity contribution is 6.30. The minimum atomic E-state index is -0.242. The Bertz CT molecular complexity index is 1170. The lowest BCUT2D eigenvalue weighted by Crippen LogP contribution is -2.25. The number of amides is 1. The van der Waals surface area contributed by atoms with Gasteiger partial charge in [-0.15, -0.1) is 0 Å². The molecule has 1 amide bonds. The molecule has 142 valence electrons. The fourth-order valence-corrected chi connectivity index (χ4v) is 3.33. The molecule has 6 nitrogen and oxygen atoms in total. The predicted molar refractivity (Wildman–Crippen MR) is 113 cm³/mol. The van der Waals surface area contributed by atoms with E-state index in [0.717, 1.165) is 24.0 Å². The summed E-state index contributed by atoms with van der Waals surface area (Å²) in [5.41, 5.74) is 10.0. The first-order valence-electron chi connectivity index (χ1n) is 9.21. The molecule has 2 aromatic heterocycles. The van der Waals surface area contributed by atoms with Crippen molar-refractivity contribution in [1.82, 2.24) is 19.9 Å². The van der Waals surface area contributed by atoms with Gasteiger partial charge in [-0.1, -0.05) is 37.1 Å². The Balaban J connectivity index is 1.97. The Labute approximate surface area is 167 Å². The quantitative estimate of drug-likeness (QED) is 0.494. The molecule has 0 aliphatic carbocycles. The van der Waals surface area contributed by atoms with E-state index in [-0.39, 0.29) is 5.91 Å². The van der Waals surface area contributed by atoms with Gasteiger partial charge in [0.05, 0.1) is 11.0 Å². The number of aromatic nitrogens is 3. The number of halogens is 1. The van der Waals surface area contributed by atoms with Gasteiger partial charge in [-0.05, 0) is 42.8 Å². The maximum atomic E-state index is 12.9. The fourth-order valence-electron chi connectivity index (χ4n) is 3.20. The molecular formula is C21H20ClN5O. The van der Waals surface area contributed by atoms with Crippen LogP contribution in [-0.4, -0.2) is 27.0 Å². The molecule has 4 aromatic rings. The van der Waals surface area contributed by atoms with Crippen LogP contribution in [-0.2, 0) is 0 Å². The van der Waals surface area contributed by atoms with Crippen LogP contribution in [0.15, 0.2) is 48.5 Å². The monoisotopic (exact) mass is 393 g/mol. The highest BCUT2D eigenvalue weighted by Gasteiger charge is 2.24. The molecule has 0 fully saturated rings. The van der Waals surface area contributed by atoms with Gasteiger partial charge in [0.15, 0.2) is 5.65 Å². The summed E-state index contributed by atoms with van der Waals surface area (Å²) in [5, 5.41) is 3.55. The molecule has 0 aliphatic rings. The number of benzene rings is 2. The minimum Gasteiger partial charge on any atom is -0.384 e. The molecule has 0 radical (unpaired) electrons. The Morgan fingerprint density at radius 1 is 1.11 bits per heavy atom. The lowest BCUT2D eigenvalue weighted by atomic mass is 10.2. The molecule has 0 atom stereocenters. The van der Waals surface area contributed by atoms with E-state index in [9.17, 15) is 4.79 Å². The number of nitrogens with one attached hydrogen (secondary N) is 1. The van der Waals surface area contributed by atoms with Crippen molar-refractivity contribution < 1.29 is 4.79 Å². The van der Waals surface area contributed by atoms with Crippen LogP contribution in [0.5, 0.6) is 0 Å². The van der Waals surface area contributed by atoms with Gasteiger partial charge < -0.3 is 11.1 Å². The zero-order valence-corrected chi connectivity index (χ0v) is 16.2. The molecule has 0 spiro atoms. The minimum absolute atomic E-state index is 0.242. The zero-order chi connectivity index (χ0) is 19.7. The summed E-state index contributed by atoms with van der Waals surface area (Å²) in [5.74, 6) is 0.0647. The maximum Gasteiger partial charge on any atom is 0.257 e. The van der Waals surface area contributed by atoms with Gasteiger partial charge in [0.1, 0.15) is 16.9 Å². The van der Waals surface area contributed by atoms with Crippen molar-refractivity contribution >= 4 is 45.5 Å². The number of nitrogens with two attached hydrogens (primary N) is 1. The number of hydrogen-bond acceptors (Lipinski definition) is 4. The molecule has 28 heavy (non-hydrogen) atoms. The molecule has 0 aliphatic heterocycles. The van der Waals surface area contributed by atoms with Gasteiger partial charge >= 0.3 is 0 Å². The van der Waals surface area contributed by atoms with Crippen LogP contribution in [0.1, 0.15) is 30.1 Å². The van der Waals surface area contributed by atoms with Crippen molar-refractivity contribution in [3.8, 4) is 5.69 Å². The molecule has 2 aromatic carbocycles. The van der Waals surface area contributed by atoms with Crippen LogP contribution < -0.4 is 11.1 Å². The molecule has 0 saturated heterocycles. The molecule has 0 bridgehead atoms. The maximum absolute atomic E-state index is 12.9. The molecule has 0 unspecified atom stereocenters. The number of para-hydroxylation sites is 2. The van der Waals surface area contributed by atoms with Gasteiger partial charge in [0.2, 0.25) is 0 Å². The smallest absolute Gasteiger partial charge is 0.257 e. The molecule has 4 rings (SSSR count). The Hall–Kier alpha value is -3.12. The molecule has 7 heteroatoms. The van der Waals surface area contributed by atoms with Crippen molar-refractivity contribution in [3.63, 3.8) is 0 Å². The number of nitrogen functional groups attached to an aromatic ring is 1. The van der Waals surface area contributed by atoms with Gasteiger partial charge in [-0.2, -0.15) is 0 Å². The second-order valence-electron chi connectivity index (χ2n) is 6.57. The summed E-state index contributed by atoms with van der Waals surface area (Å²) in [7, 11) is 0. The summed E-state index contributed by atoms with van der Waals surface area (Å²) in [6.07, 6.45) is 1.89. The van der Waals surface area contributed by atoms with E-state index in [1.165, 1.54) is 0 Å². The van der Waals surface area contributed by atoms with Gasteiger partial charge in [-0.3, -0.25) is 9.36 Å². The average Bonchev–Trinajstić information content (AvgIpc) is 2.98. The van der Waals surface area contributed by atoms with Crippen LogP contribution in [0.2, 0.25) is 5.02 Å². The van der Waals surface area contributed by atoms with E-state index >= 15 is 0 Å². The number of nitrogens with zero attached hydrogens (tertiary/aromatic N) is 3. The van der Waals surface area contributed by atoms with E-state index in [2.05, 4.69) is 12.2 Å². The lowest BCUT2D eigenvalue weighted by molar-refractivity contribution is 0.0955. The van der Waals surface area contributed by atoms with Crippen molar-refractivity contribution in [2.45, 2.75) is 19.8 Å². The van der Waals surface area contributed by atoms with Crippen molar-refractivity contribution in [2.24, 2.45) is 0 Å². The number of anilines is 1. The number of hydrogen-bond donors (Lipinski definition) is 2. The van der Waals surface area contributed by atoms with Gasteiger partial charge in [0.25, 0.3) is 5.91 Å². The topological polar surface area (TPSA) is 85.8 Å². The number of unbranched alkanes of at least 4 members (excludes halogenated alkanes) is 1. The summed E-state index contributed by atoms with van der Waals surface area (Å²) in [6.45, 7) is 2.66. The summed E-state index contributed by atoms with van der Waals surface area (Å²) in [6, 6.07) is 14.8. The fraction of sp³-hybridized carbons (Fsp3) is 0.190. The van der Waals surface area contributed by atoms with E-state index < -0.39 is 0 Å². The van der Waals surface area contributed by atoms with E-state index in [0.29, 0.717) is 39.6 Å². The highest BCUT2D eigenvalue weighted by atomic mass is 35.5. The van der Waals surface area contributed by atoms with E-state index in [1.807, 2.05) is 36.4 Å². The van der Waals surface area contributed by atoms with E-state index in [1.54, 1.807) is 16.7 Å². The first kappa shape index (κ1) is 18.3. The average molecular weight is 394 g/mol. The number of rotatable bonds is 5.